The maximum absolute atomic E-state index is 13.4. The Morgan fingerprint density at radius 2 is 1.84 bits per heavy atom. The number of aromatic hydroxyl groups is 1. The van der Waals surface area contributed by atoms with E-state index < -0.39 is 24.5 Å². The lowest BCUT2D eigenvalue weighted by atomic mass is 9.91. The fourth-order valence-electron chi connectivity index (χ4n) is 2.87. The van der Waals surface area contributed by atoms with Gasteiger partial charge >= 0.3 is 0 Å². The zero-order chi connectivity index (χ0) is 19.1. The standard InChI is InChI=1S/C18H24F2N2O3/c1-9(2)12-6-13(10(3)4)15(23)14(7-12)16(24)22-18(25,17(19)20)8-11(5)21-22/h6-7,9-10,17,23,25H,8H2,1-5H3/t18-/m1/s1. The van der Waals surface area contributed by atoms with Crippen LogP contribution < -0.4 is 0 Å². The Labute approximate surface area is 146 Å². The van der Waals surface area contributed by atoms with Gasteiger partial charge in [-0.2, -0.15) is 10.1 Å². The molecule has 0 radical (unpaired) electrons. The van der Waals surface area contributed by atoms with Crippen molar-refractivity contribution < 1.29 is 23.8 Å². The van der Waals surface area contributed by atoms with Crippen LogP contribution in [0.3, 0.4) is 0 Å². The zero-order valence-electron chi connectivity index (χ0n) is 15.0. The molecule has 0 unspecified atom stereocenters. The Bertz CT molecular complexity index is 717. The average molecular weight is 354 g/mol. The Morgan fingerprint density at radius 3 is 2.32 bits per heavy atom. The van der Waals surface area contributed by atoms with Crippen LogP contribution in [-0.4, -0.2) is 39.0 Å². The molecule has 0 saturated heterocycles. The first-order valence-corrected chi connectivity index (χ1v) is 8.25. The smallest absolute Gasteiger partial charge is 0.287 e. The van der Waals surface area contributed by atoms with E-state index in [1.54, 1.807) is 6.07 Å². The van der Waals surface area contributed by atoms with Crippen molar-refractivity contribution in [1.82, 2.24) is 5.01 Å². The summed E-state index contributed by atoms with van der Waals surface area (Å²) in [5.74, 6) is -1.20. The highest BCUT2D eigenvalue weighted by Crippen LogP contribution is 2.37. The first kappa shape index (κ1) is 19.3. The van der Waals surface area contributed by atoms with Gasteiger partial charge in [-0.1, -0.05) is 33.8 Å². The van der Waals surface area contributed by atoms with Gasteiger partial charge in [0, 0.05) is 12.1 Å². The number of aliphatic hydroxyl groups is 1. The molecule has 138 valence electrons. The number of carbonyl (C=O) groups excluding carboxylic acids is 1. The van der Waals surface area contributed by atoms with Crippen molar-refractivity contribution in [2.75, 3.05) is 0 Å². The van der Waals surface area contributed by atoms with Crippen molar-refractivity contribution in [3.05, 3.63) is 28.8 Å². The number of phenolic OH excluding ortho intramolecular Hbond substituents is 1. The summed E-state index contributed by atoms with van der Waals surface area (Å²) >= 11 is 0. The molecule has 25 heavy (non-hydrogen) atoms. The molecule has 1 atom stereocenters. The highest BCUT2D eigenvalue weighted by molar-refractivity contribution is 6.00. The van der Waals surface area contributed by atoms with E-state index in [1.165, 1.54) is 13.0 Å². The van der Waals surface area contributed by atoms with E-state index in [4.69, 9.17) is 0 Å². The van der Waals surface area contributed by atoms with Crippen molar-refractivity contribution in [3.63, 3.8) is 0 Å². The lowest BCUT2D eigenvalue weighted by Crippen LogP contribution is -2.51. The van der Waals surface area contributed by atoms with Crippen LogP contribution in [0.1, 0.15) is 74.4 Å². The van der Waals surface area contributed by atoms with Crippen LogP contribution in [0.4, 0.5) is 8.78 Å². The van der Waals surface area contributed by atoms with E-state index in [2.05, 4.69) is 5.10 Å². The van der Waals surface area contributed by atoms with Crippen LogP contribution in [-0.2, 0) is 0 Å². The molecule has 1 heterocycles. The minimum absolute atomic E-state index is 0.0666. The second-order valence-corrected chi connectivity index (χ2v) is 7.12. The molecule has 0 bridgehead atoms. The van der Waals surface area contributed by atoms with Crippen LogP contribution in [0.5, 0.6) is 5.75 Å². The number of hydrazone groups is 1. The number of alkyl halides is 2. The summed E-state index contributed by atoms with van der Waals surface area (Å²) in [7, 11) is 0. The number of amides is 1. The molecule has 1 amide bonds. The summed E-state index contributed by atoms with van der Waals surface area (Å²) < 4.78 is 26.7. The third-order valence-electron chi connectivity index (χ3n) is 4.38. The molecule has 0 saturated carbocycles. The molecule has 1 aromatic carbocycles. The summed E-state index contributed by atoms with van der Waals surface area (Å²) in [4.78, 5) is 12.8. The van der Waals surface area contributed by atoms with Gasteiger partial charge in [-0.25, -0.2) is 8.78 Å². The SMILES string of the molecule is CC1=NN(C(=O)c2cc(C(C)C)cc(C(C)C)c2O)[C@](O)(C(F)F)C1. The van der Waals surface area contributed by atoms with E-state index in [1.807, 2.05) is 27.7 Å². The Balaban J connectivity index is 2.59. The Morgan fingerprint density at radius 1 is 1.24 bits per heavy atom. The summed E-state index contributed by atoms with van der Waals surface area (Å²) in [5, 5.41) is 24.9. The molecule has 2 rings (SSSR count). The van der Waals surface area contributed by atoms with Gasteiger partial charge in [-0.3, -0.25) is 4.79 Å². The Kier molecular flexibility index (Phi) is 5.18. The quantitative estimate of drug-likeness (QED) is 0.863. The number of rotatable bonds is 4. The number of carbonyl (C=O) groups is 1. The van der Waals surface area contributed by atoms with Gasteiger partial charge in [0.25, 0.3) is 12.3 Å². The number of nitrogens with zero attached hydrogens (tertiary/aromatic N) is 2. The van der Waals surface area contributed by atoms with Gasteiger partial charge in [0.2, 0.25) is 5.72 Å². The van der Waals surface area contributed by atoms with Crippen LogP contribution in [0.25, 0.3) is 0 Å². The fraction of sp³-hybridized carbons (Fsp3) is 0.556. The second kappa shape index (κ2) is 6.71. The average Bonchev–Trinajstić information content (AvgIpc) is 2.82. The van der Waals surface area contributed by atoms with Crippen molar-refractivity contribution >= 4 is 11.6 Å². The van der Waals surface area contributed by atoms with Crippen LogP contribution in [0, 0.1) is 0 Å². The third-order valence-corrected chi connectivity index (χ3v) is 4.38. The van der Waals surface area contributed by atoms with Gasteiger partial charge in [0.1, 0.15) is 5.75 Å². The molecule has 0 aliphatic carbocycles. The van der Waals surface area contributed by atoms with Crippen LogP contribution in [0.15, 0.2) is 17.2 Å². The van der Waals surface area contributed by atoms with Gasteiger partial charge in [0.05, 0.1) is 5.56 Å². The number of hydrogen-bond acceptors (Lipinski definition) is 4. The molecular weight excluding hydrogens is 330 g/mol. The number of phenols is 1. The second-order valence-electron chi connectivity index (χ2n) is 7.12. The number of halogens is 2. The highest BCUT2D eigenvalue weighted by atomic mass is 19.3. The normalized spacial score (nSPS) is 20.8. The molecular formula is C18H24F2N2O3. The van der Waals surface area contributed by atoms with Crippen LogP contribution in [0.2, 0.25) is 0 Å². The summed E-state index contributed by atoms with van der Waals surface area (Å²) in [6.45, 7) is 9.05. The molecule has 2 N–H and O–H groups in total. The fourth-order valence-corrected chi connectivity index (χ4v) is 2.87. The minimum atomic E-state index is -3.18. The number of hydrogen-bond donors (Lipinski definition) is 2. The van der Waals surface area contributed by atoms with Crippen molar-refractivity contribution in [2.45, 2.75) is 65.0 Å². The van der Waals surface area contributed by atoms with E-state index >= 15 is 0 Å². The molecule has 0 spiro atoms. The predicted molar refractivity (Wildman–Crippen MR) is 91.1 cm³/mol. The van der Waals surface area contributed by atoms with Gasteiger partial charge in [0.15, 0.2) is 0 Å². The first-order valence-electron chi connectivity index (χ1n) is 8.25. The largest absolute Gasteiger partial charge is 0.507 e. The Hall–Kier alpha value is -2.02. The first-order chi connectivity index (χ1) is 11.5. The highest BCUT2D eigenvalue weighted by Gasteiger charge is 2.51. The molecule has 5 nitrogen and oxygen atoms in total. The van der Waals surface area contributed by atoms with Crippen molar-refractivity contribution in [2.24, 2.45) is 5.10 Å². The molecule has 0 fully saturated rings. The molecule has 1 aliphatic heterocycles. The van der Waals surface area contributed by atoms with Gasteiger partial charge < -0.3 is 10.2 Å². The van der Waals surface area contributed by atoms with E-state index in [9.17, 15) is 23.8 Å². The third kappa shape index (κ3) is 3.38. The summed E-state index contributed by atoms with van der Waals surface area (Å²) in [5.41, 5.74) is -1.26. The minimum Gasteiger partial charge on any atom is -0.507 e. The predicted octanol–water partition coefficient (Wildman–Crippen LogP) is 3.81. The lowest BCUT2D eigenvalue weighted by molar-refractivity contribution is -0.164. The van der Waals surface area contributed by atoms with Crippen LogP contribution >= 0.6 is 0 Å². The lowest BCUT2D eigenvalue weighted by Gasteiger charge is -2.30. The van der Waals surface area contributed by atoms with E-state index in [0.29, 0.717) is 10.6 Å². The molecule has 1 aromatic rings. The number of benzene rings is 1. The zero-order valence-corrected chi connectivity index (χ0v) is 15.0. The topological polar surface area (TPSA) is 73.1 Å². The van der Waals surface area contributed by atoms with Crippen molar-refractivity contribution in [1.29, 1.82) is 0 Å². The van der Waals surface area contributed by atoms with Gasteiger partial charge in [-0.05, 0) is 36.0 Å². The maximum Gasteiger partial charge on any atom is 0.287 e. The monoisotopic (exact) mass is 354 g/mol. The summed E-state index contributed by atoms with van der Waals surface area (Å²) in [6.07, 6.45) is -3.62. The molecule has 1 aliphatic rings. The molecule has 7 heteroatoms. The van der Waals surface area contributed by atoms with Crippen molar-refractivity contribution in [3.8, 4) is 5.75 Å². The van der Waals surface area contributed by atoms with E-state index in [-0.39, 0.29) is 28.9 Å². The molecule has 0 aromatic heterocycles. The maximum atomic E-state index is 13.4. The van der Waals surface area contributed by atoms with E-state index in [0.717, 1.165) is 5.56 Å². The van der Waals surface area contributed by atoms with Gasteiger partial charge in [-0.15, -0.1) is 0 Å². The summed E-state index contributed by atoms with van der Waals surface area (Å²) in [6, 6.07) is 3.28.